The van der Waals surface area contributed by atoms with Crippen molar-refractivity contribution >= 4 is 11.7 Å². The molecule has 1 aromatic carbocycles. The normalized spacial score (nSPS) is 14.3. The lowest BCUT2D eigenvalue weighted by Crippen LogP contribution is -2.36. The Morgan fingerprint density at radius 1 is 1.15 bits per heavy atom. The summed E-state index contributed by atoms with van der Waals surface area (Å²) in [6.45, 7) is 5.83. The minimum atomic E-state index is 0.0989. The summed E-state index contributed by atoms with van der Waals surface area (Å²) in [5.74, 6) is 1.06. The predicted molar refractivity (Wildman–Crippen MR) is 103 cm³/mol. The molecule has 2 heterocycles. The average molecular weight is 353 g/mol. The van der Waals surface area contributed by atoms with Gasteiger partial charge in [0.2, 0.25) is 5.91 Å². The van der Waals surface area contributed by atoms with E-state index in [0.717, 1.165) is 50.5 Å². The molecule has 5 nitrogen and oxygen atoms in total. The Kier molecular flexibility index (Phi) is 6.61. The summed E-state index contributed by atoms with van der Waals surface area (Å²) in [7, 11) is 0. The van der Waals surface area contributed by atoms with Crippen LogP contribution in [0.5, 0.6) is 0 Å². The van der Waals surface area contributed by atoms with Gasteiger partial charge in [0.1, 0.15) is 5.82 Å². The highest BCUT2D eigenvalue weighted by atomic mass is 16.5. The standard InChI is InChI=1S/C21H27N3O2/c1-17-5-7-18(8-6-17)3-2-4-21(25)23-16-19-9-10-22-20(15-19)24-11-13-26-14-12-24/h5-10,15H,2-4,11-14,16H2,1H3,(H,23,25). The van der Waals surface area contributed by atoms with Crippen LogP contribution < -0.4 is 10.2 Å². The van der Waals surface area contributed by atoms with E-state index >= 15 is 0 Å². The molecule has 0 spiro atoms. The Morgan fingerprint density at radius 3 is 2.69 bits per heavy atom. The van der Waals surface area contributed by atoms with Crippen molar-refractivity contribution in [3.63, 3.8) is 0 Å². The van der Waals surface area contributed by atoms with Gasteiger partial charge in [-0.25, -0.2) is 4.98 Å². The number of carbonyl (C=O) groups is 1. The average Bonchev–Trinajstić information content (AvgIpc) is 2.69. The van der Waals surface area contributed by atoms with Crippen LogP contribution in [0.3, 0.4) is 0 Å². The summed E-state index contributed by atoms with van der Waals surface area (Å²) in [4.78, 5) is 18.7. The first kappa shape index (κ1) is 18.4. The summed E-state index contributed by atoms with van der Waals surface area (Å²) in [6.07, 6.45) is 4.16. The van der Waals surface area contributed by atoms with E-state index < -0.39 is 0 Å². The summed E-state index contributed by atoms with van der Waals surface area (Å²) in [6, 6.07) is 12.5. The lowest BCUT2D eigenvalue weighted by atomic mass is 10.1. The molecule has 0 radical (unpaired) electrons. The Morgan fingerprint density at radius 2 is 1.92 bits per heavy atom. The topological polar surface area (TPSA) is 54.5 Å². The minimum absolute atomic E-state index is 0.0989. The van der Waals surface area contributed by atoms with Crippen LogP contribution in [-0.2, 0) is 22.5 Å². The lowest BCUT2D eigenvalue weighted by Gasteiger charge is -2.28. The molecule has 2 aromatic rings. The second kappa shape index (κ2) is 9.34. The molecule has 138 valence electrons. The highest BCUT2D eigenvalue weighted by Crippen LogP contribution is 2.14. The van der Waals surface area contributed by atoms with E-state index in [9.17, 15) is 4.79 Å². The number of carbonyl (C=O) groups excluding carboxylic acids is 1. The van der Waals surface area contributed by atoms with Crippen molar-refractivity contribution in [3.8, 4) is 0 Å². The molecule has 1 N–H and O–H groups in total. The van der Waals surface area contributed by atoms with Gasteiger partial charge in [0.05, 0.1) is 13.2 Å². The Balaban J connectivity index is 1.41. The Hall–Kier alpha value is -2.40. The third kappa shape index (κ3) is 5.56. The van der Waals surface area contributed by atoms with E-state index in [1.54, 1.807) is 0 Å². The highest BCUT2D eigenvalue weighted by molar-refractivity contribution is 5.75. The molecule has 1 aliphatic heterocycles. The second-order valence-corrected chi connectivity index (χ2v) is 6.74. The number of aromatic nitrogens is 1. The summed E-state index contributed by atoms with van der Waals surface area (Å²) in [5, 5.41) is 3.01. The first-order chi connectivity index (χ1) is 12.7. The quantitative estimate of drug-likeness (QED) is 0.832. The fourth-order valence-corrected chi connectivity index (χ4v) is 3.03. The number of rotatable bonds is 7. The molecule has 1 fully saturated rings. The number of hydrogen-bond acceptors (Lipinski definition) is 4. The Labute approximate surface area is 155 Å². The van der Waals surface area contributed by atoms with Crippen LogP contribution >= 0.6 is 0 Å². The summed E-state index contributed by atoms with van der Waals surface area (Å²) < 4.78 is 5.38. The molecule has 1 aromatic heterocycles. The number of ether oxygens (including phenoxy) is 1. The van der Waals surface area contributed by atoms with Crippen molar-refractivity contribution in [3.05, 3.63) is 59.3 Å². The molecule has 0 aliphatic carbocycles. The lowest BCUT2D eigenvalue weighted by molar-refractivity contribution is -0.121. The molecule has 3 rings (SSSR count). The maximum absolute atomic E-state index is 12.1. The molecule has 0 atom stereocenters. The van der Waals surface area contributed by atoms with Crippen LogP contribution in [0.15, 0.2) is 42.6 Å². The van der Waals surface area contributed by atoms with Gasteiger partial charge in [0, 0.05) is 32.3 Å². The molecule has 0 unspecified atom stereocenters. The molecule has 0 saturated carbocycles. The van der Waals surface area contributed by atoms with Crippen molar-refractivity contribution in [1.82, 2.24) is 10.3 Å². The molecule has 1 aliphatic rings. The van der Waals surface area contributed by atoms with Gasteiger partial charge in [-0.3, -0.25) is 4.79 Å². The van der Waals surface area contributed by atoms with E-state index in [0.29, 0.717) is 13.0 Å². The van der Waals surface area contributed by atoms with Gasteiger partial charge < -0.3 is 15.0 Å². The fraction of sp³-hybridized carbons (Fsp3) is 0.429. The van der Waals surface area contributed by atoms with Crippen LogP contribution in [0.4, 0.5) is 5.82 Å². The van der Waals surface area contributed by atoms with Crippen molar-refractivity contribution in [2.75, 3.05) is 31.2 Å². The largest absolute Gasteiger partial charge is 0.378 e. The van der Waals surface area contributed by atoms with E-state index in [4.69, 9.17) is 4.74 Å². The number of amides is 1. The van der Waals surface area contributed by atoms with Gasteiger partial charge in [0.15, 0.2) is 0 Å². The van der Waals surface area contributed by atoms with E-state index in [2.05, 4.69) is 52.5 Å². The van der Waals surface area contributed by atoms with Crippen molar-refractivity contribution in [2.45, 2.75) is 32.7 Å². The zero-order chi connectivity index (χ0) is 18.2. The Bertz CT molecular complexity index is 709. The highest BCUT2D eigenvalue weighted by Gasteiger charge is 2.12. The molecule has 0 bridgehead atoms. The van der Waals surface area contributed by atoms with Crippen molar-refractivity contribution in [1.29, 1.82) is 0 Å². The first-order valence-electron chi connectivity index (χ1n) is 9.30. The molecular weight excluding hydrogens is 326 g/mol. The second-order valence-electron chi connectivity index (χ2n) is 6.74. The predicted octanol–water partition coefficient (Wildman–Crippen LogP) is 2.87. The molecule has 1 amide bonds. The number of nitrogens with one attached hydrogen (secondary N) is 1. The van der Waals surface area contributed by atoms with Gasteiger partial charge in [-0.1, -0.05) is 29.8 Å². The van der Waals surface area contributed by atoms with Crippen LogP contribution in [-0.4, -0.2) is 37.2 Å². The summed E-state index contributed by atoms with van der Waals surface area (Å²) in [5.41, 5.74) is 3.63. The third-order valence-electron chi connectivity index (χ3n) is 4.62. The van der Waals surface area contributed by atoms with Crippen LogP contribution in [0.25, 0.3) is 0 Å². The van der Waals surface area contributed by atoms with Gasteiger partial charge >= 0.3 is 0 Å². The number of morpholine rings is 1. The smallest absolute Gasteiger partial charge is 0.220 e. The van der Waals surface area contributed by atoms with Crippen LogP contribution in [0.2, 0.25) is 0 Å². The van der Waals surface area contributed by atoms with Crippen LogP contribution in [0.1, 0.15) is 29.5 Å². The fourth-order valence-electron chi connectivity index (χ4n) is 3.03. The van der Waals surface area contributed by atoms with Gasteiger partial charge in [0.25, 0.3) is 0 Å². The molecule has 5 heteroatoms. The van der Waals surface area contributed by atoms with Crippen LogP contribution in [0, 0.1) is 6.92 Å². The molecular formula is C21H27N3O2. The number of benzene rings is 1. The summed E-state index contributed by atoms with van der Waals surface area (Å²) >= 11 is 0. The first-order valence-corrected chi connectivity index (χ1v) is 9.30. The van der Waals surface area contributed by atoms with Gasteiger partial charge in [-0.15, -0.1) is 0 Å². The zero-order valence-electron chi connectivity index (χ0n) is 15.4. The van der Waals surface area contributed by atoms with Crippen molar-refractivity contribution in [2.24, 2.45) is 0 Å². The zero-order valence-corrected chi connectivity index (χ0v) is 15.4. The molecule has 26 heavy (non-hydrogen) atoms. The number of anilines is 1. The number of aryl methyl sites for hydroxylation is 2. The third-order valence-corrected chi connectivity index (χ3v) is 4.62. The van der Waals surface area contributed by atoms with Crippen molar-refractivity contribution < 1.29 is 9.53 Å². The maximum Gasteiger partial charge on any atom is 0.220 e. The molecule has 1 saturated heterocycles. The van der Waals surface area contributed by atoms with Gasteiger partial charge in [-0.05, 0) is 43.0 Å². The van der Waals surface area contributed by atoms with E-state index in [1.165, 1.54) is 11.1 Å². The van der Waals surface area contributed by atoms with E-state index in [-0.39, 0.29) is 5.91 Å². The minimum Gasteiger partial charge on any atom is -0.378 e. The van der Waals surface area contributed by atoms with Gasteiger partial charge in [-0.2, -0.15) is 0 Å². The maximum atomic E-state index is 12.1. The SMILES string of the molecule is Cc1ccc(CCCC(=O)NCc2ccnc(N3CCOCC3)c2)cc1. The number of nitrogens with zero attached hydrogens (tertiary/aromatic N) is 2. The monoisotopic (exact) mass is 353 g/mol. The number of pyridine rings is 1. The van der Waals surface area contributed by atoms with E-state index in [1.807, 2.05) is 12.3 Å². The number of hydrogen-bond donors (Lipinski definition) is 1.